The topological polar surface area (TPSA) is 0 Å². The Labute approximate surface area is 182 Å². The second-order valence-electron chi connectivity index (χ2n) is 5.45. The summed E-state index contributed by atoms with van der Waals surface area (Å²) in [4.78, 5) is 2.51. The Balaban J connectivity index is 2.42. The van der Waals surface area contributed by atoms with Gasteiger partial charge in [0, 0.05) is 27.7 Å². The maximum atomic E-state index is 3.82. The second-order valence-corrected chi connectivity index (χ2v) is 10.4. The van der Waals surface area contributed by atoms with Crippen LogP contribution in [0.2, 0.25) is 0 Å². The first kappa shape index (κ1) is 17.9. The molecule has 0 amide bonds. The van der Waals surface area contributed by atoms with Crippen molar-refractivity contribution in [2.75, 3.05) is 12.5 Å². The van der Waals surface area contributed by atoms with Crippen LogP contribution < -0.4 is 0 Å². The second kappa shape index (κ2) is 6.61. The molecule has 0 nitrogen and oxygen atoms in total. The summed E-state index contributed by atoms with van der Waals surface area (Å²) >= 11 is 18.8. The molecule has 6 heteroatoms. The Kier molecular flexibility index (Phi) is 4.94. The molecule has 4 aromatic rings. The highest BCUT2D eigenvalue weighted by Crippen LogP contribution is 2.50. The molecule has 0 spiro atoms. The Morgan fingerprint density at radius 1 is 0.542 bits per heavy atom. The van der Waals surface area contributed by atoms with Crippen molar-refractivity contribution in [1.29, 1.82) is 0 Å². The number of benzene rings is 4. The summed E-state index contributed by atoms with van der Waals surface area (Å²) in [6.07, 6.45) is 4.23. The maximum absolute atomic E-state index is 3.82. The van der Waals surface area contributed by atoms with E-state index in [0.717, 1.165) is 17.9 Å². The summed E-state index contributed by atoms with van der Waals surface area (Å²) < 4.78 is 4.46. The Bertz CT molecular complexity index is 954. The van der Waals surface area contributed by atoms with Gasteiger partial charge in [0.25, 0.3) is 0 Å². The van der Waals surface area contributed by atoms with E-state index in [-0.39, 0.29) is 0 Å². The van der Waals surface area contributed by atoms with Gasteiger partial charge in [-0.3, -0.25) is 0 Å². The monoisotopic (exact) mass is 606 g/mol. The highest BCUT2D eigenvalue weighted by Gasteiger charge is 2.21. The third-order valence-corrected chi connectivity index (χ3v) is 10.0. The van der Waals surface area contributed by atoms with Crippen LogP contribution in [0, 0.1) is 0 Å². The van der Waals surface area contributed by atoms with Gasteiger partial charge in [0.1, 0.15) is 0 Å². The van der Waals surface area contributed by atoms with Crippen LogP contribution in [0.4, 0.5) is 0 Å². The van der Waals surface area contributed by atoms with Gasteiger partial charge in [0.2, 0.25) is 0 Å². The molecule has 0 saturated carbocycles. The van der Waals surface area contributed by atoms with Crippen molar-refractivity contribution >= 4 is 120 Å². The SMILES string of the molecule is CSc1cc2c(Br)c(Br)c3cc(SC)cc4c(Br)c(Br)c(c1)c2c34. The van der Waals surface area contributed by atoms with Gasteiger partial charge in [-0.25, -0.2) is 0 Å². The zero-order chi connectivity index (χ0) is 17.2. The Hall–Kier alpha value is 0.540. The predicted octanol–water partition coefficient (Wildman–Crippen LogP) is 9.08. The molecule has 0 radical (unpaired) electrons. The van der Waals surface area contributed by atoms with Crippen molar-refractivity contribution in [1.82, 2.24) is 0 Å². The normalized spacial score (nSPS) is 12.1. The highest BCUT2D eigenvalue weighted by atomic mass is 79.9. The van der Waals surface area contributed by atoms with E-state index in [9.17, 15) is 0 Å². The van der Waals surface area contributed by atoms with Gasteiger partial charge < -0.3 is 0 Å². The quantitative estimate of drug-likeness (QED) is 0.164. The summed E-state index contributed by atoms with van der Waals surface area (Å²) in [5.74, 6) is 0. The van der Waals surface area contributed by atoms with Crippen LogP contribution in [0.5, 0.6) is 0 Å². The summed E-state index contributed by atoms with van der Waals surface area (Å²) in [5, 5.41) is 7.57. The van der Waals surface area contributed by atoms with E-state index in [1.165, 1.54) is 42.1 Å². The van der Waals surface area contributed by atoms with E-state index in [4.69, 9.17) is 0 Å². The van der Waals surface area contributed by atoms with E-state index in [1.807, 2.05) is 0 Å². The molecule has 0 fully saturated rings. The first-order valence-electron chi connectivity index (χ1n) is 7.04. The smallest absolute Gasteiger partial charge is 0.0403 e. The standard InChI is InChI=1S/C18H10Br4S2/c1-23-7-3-9-13-10(4-7)16(20)18(22)12-6-8(24-2)5-11(14(12)13)17(21)15(9)19/h3-6H,1-2H3. The maximum Gasteiger partial charge on any atom is 0.0403 e. The van der Waals surface area contributed by atoms with E-state index in [1.54, 1.807) is 23.5 Å². The lowest BCUT2D eigenvalue weighted by Crippen LogP contribution is -1.91. The van der Waals surface area contributed by atoms with Gasteiger partial charge in [-0.2, -0.15) is 0 Å². The lowest BCUT2D eigenvalue weighted by atomic mass is 9.94. The number of hydrogen-bond donors (Lipinski definition) is 0. The number of hydrogen-bond acceptors (Lipinski definition) is 2. The van der Waals surface area contributed by atoms with E-state index in [2.05, 4.69) is 100 Å². The predicted molar refractivity (Wildman–Crippen MR) is 125 cm³/mol. The fraction of sp³-hybridized carbons (Fsp3) is 0.111. The van der Waals surface area contributed by atoms with Crippen molar-refractivity contribution in [3.8, 4) is 0 Å². The molecule has 4 aromatic carbocycles. The summed E-state index contributed by atoms with van der Waals surface area (Å²) in [6.45, 7) is 0. The van der Waals surface area contributed by atoms with Crippen LogP contribution in [-0.4, -0.2) is 12.5 Å². The van der Waals surface area contributed by atoms with Crippen LogP contribution in [0.3, 0.4) is 0 Å². The van der Waals surface area contributed by atoms with Gasteiger partial charge in [0.15, 0.2) is 0 Å². The minimum atomic E-state index is 1.12. The van der Waals surface area contributed by atoms with Crippen molar-refractivity contribution in [2.45, 2.75) is 9.79 Å². The summed E-state index contributed by atoms with van der Waals surface area (Å²) in [5.41, 5.74) is 0. The molecule has 0 heterocycles. The largest absolute Gasteiger partial charge is 0.130 e. The zero-order valence-electron chi connectivity index (χ0n) is 12.6. The average molecular weight is 610 g/mol. The highest BCUT2D eigenvalue weighted by molar-refractivity contribution is 9.13. The van der Waals surface area contributed by atoms with E-state index in [0.29, 0.717) is 0 Å². The van der Waals surface area contributed by atoms with Crippen molar-refractivity contribution < 1.29 is 0 Å². The molecule has 0 aliphatic rings. The first-order chi connectivity index (χ1) is 11.5. The van der Waals surface area contributed by atoms with Gasteiger partial charge in [-0.1, -0.05) is 0 Å². The summed E-state index contributed by atoms with van der Waals surface area (Å²) in [6, 6.07) is 9.07. The minimum absolute atomic E-state index is 1.12. The first-order valence-corrected chi connectivity index (χ1v) is 12.7. The fourth-order valence-electron chi connectivity index (χ4n) is 3.17. The molecule has 0 aromatic heterocycles. The number of halogens is 4. The number of thioether (sulfide) groups is 2. The van der Waals surface area contributed by atoms with Crippen molar-refractivity contribution in [3.63, 3.8) is 0 Å². The third-order valence-electron chi connectivity index (χ3n) is 4.28. The lowest BCUT2D eigenvalue weighted by Gasteiger charge is -2.19. The molecular formula is C18H10Br4S2. The van der Waals surface area contributed by atoms with Gasteiger partial charge >= 0.3 is 0 Å². The molecule has 24 heavy (non-hydrogen) atoms. The molecule has 0 atom stereocenters. The molecule has 0 aliphatic heterocycles. The Morgan fingerprint density at radius 2 is 0.792 bits per heavy atom. The molecule has 0 N–H and O–H groups in total. The molecule has 122 valence electrons. The zero-order valence-corrected chi connectivity index (χ0v) is 20.6. The molecule has 0 saturated heterocycles. The van der Waals surface area contributed by atoms with Gasteiger partial charge in [-0.05, 0) is 133 Å². The van der Waals surface area contributed by atoms with Crippen LogP contribution in [0.15, 0.2) is 51.9 Å². The van der Waals surface area contributed by atoms with E-state index < -0.39 is 0 Å². The Morgan fingerprint density at radius 3 is 1.00 bits per heavy atom. The lowest BCUT2D eigenvalue weighted by molar-refractivity contribution is 1.49. The van der Waals surface area contributed by atoms with Crippen LogP contribution in [-0.2, 0) is 0 Å². The summed E-state index contributed by atoms with van der Waals surface area (Å²) in [7, 11) is 0. The van der Waals surface area contributed by atoms with Crippen LogP contribution in [0.1, 0.15) is 0 Å². The fourth-order valence-corrected chi connectivity index (χ4v) is 6.22. The van der Waals surface area contributed by atoms with Gasteiger partial charge in [0.05, 0.1) is 0 Å². The molecule has 0 aliphatic carbocycles. The van der Waals surface area contributed by atoms with Crippen molar-refractivity contribution in [3.05, 3.63) is 42.2 Å². The molecule has 4 rings (SSSR count). The van der Waals surface area contributed by atoms with Crippen LogP contribution >= 0.6 is 87.2 Å². The number of rotatable bonds is 2. The minimum Gasteiger partial charge on any atom is -0.130 e. The third kappa shape index (κ3) is 2.51. The van der Waals surface area contributed by atoms with Crippen molar-refractivity contribution in [2.24, 2.45) is 0 Å². The molecular weight excluding hydrogens is 600 g/mol. The van der Waals surface area contributed by atoms with E-state index >= 15 is 0 Å². The average Bonchev–Trinajstić information content (AvgIpc) is 2.61. The molecule has 0 bridgehead atoms. The van der Waals surface area contributed by atoms with Crippen LogP contribution in [0.25, 0.3) is 32.3 Å². The molecule has 0 unspecified atom stereocenters. The van der Waals surface area contributed by atoms with Gasteiger partial charge in [-0.15, -0.1) is 23.5 Å².